The molecule has 0 spiro atoms. The summed E-state index contributed by atoms with van der Waals surface area (Å²) in [6.07, 6.45) is 5.50. The molecule has 1 aliphatic carbocycles. The summed E-state index contributed by atoms with van der Waals surface area (Å²) in [6, 6.07) is 0.367. The molecule has 1 saturated carbocycles. The first kappa shape index (κ1) is 14.9. The van der Waals surface area contributed by atoms with Crippen LogP contribution in [0.1, 0.15) is 63.1 Å². The molecule has 3 heterocycles. The molecular weight excluding hydrogens is 308 g/mol. The maximum Gasteiger partial charge on any atom is 0.265 e. The van der Waals surface area contributed by atoms with Crippen LogP contribution < -0.4 is 0 Å². The molecule has 0 aromatic carbocycles. The lowest BCUT2D eigenvalue weighted by Crippen LogP contribution is -2.29. The van der Waals surface area contributed by atoms with Gasteiger partial charge < -0.3 is 9.47 Å². The zero-order valence-corrected chi connectivity index (χ0v) is 14.7. The molecule has 1 unspecified atom stereocenters. The third-order valence-corrected chi connectivity index (χ3v) is 5.93. The summed E-state index contributed by atoms with van der Waals surface area (Å²) in [6.45, 7) is 7.61. The lowest BCUT2D eigenvalue weighted by molar-refractivity contribution is 0.0791. The lowest BCUT2D eigenvalue weighted by Gasteiger charge is -2.19. The van der Waals surface area contributed by atoms with Crippen LogP contribution in [0.25, 0.3) is 0 Å². The average molecular weight is 330 g/mol. The maximum atomic E-state index is 12.8. The van der Waals surface area contributed by atoms with Crippen molar-refractivity contribution in [3.05, 3.63) is 33.3 Å². The van der Waals surface area contributed by atoms with E-state index >= 15 is 0 Å². The number of thiazole rings is 1. The predicted molar refractivity (Wildman–Crippen MR) is 90.1 cm³/mol. The monoisotopic (exact) mass is 330 g/mol. The number of carbonyl (C=O) groups excluding carboxylic acids is 1. The molecule has 23 heavy (non-hydrogen) atoms. The highest BCUT2D eigenvalue weighted by Crippen LogP contribution is 2.41. The number of imidazole rings is 1. The number of aromatic nitrogens is 3. The normalized spacial score (nSPS) is 21.2. The van der Waals surface area contributed by atoms with Gasteiger partial charge in [0.15, 0.2) is 0 Å². The Morgan fingerprint density at radius 3 is 2.70 bits per heavy atom. The zero-order valence-electron chi connectivity index (χ0n) is 13.9. The standard InChI is InChI=1S/C17H22N4OS/c1-10-8-18-16(13-4-5-13)21(10)14-6-7-20(9-14)17(22)15-11(2)19-12(3)23-15/h8,13-14H,4-7,9H2,1-3H3. The van der Waals surface area contributed by atoms with Gasteiger partial charge in [0.25, 0.3) is 5.91 Å². The van der Waals surface area contributed by atoms with Crippen LogP contribution in [0.2, 0.25) is 0 Å². The molecule has 1 saturated heterocycles. The summed E-state index contributed by atoms with van der Waals surface area (Å²) in [5.74, 6) is 2.01. The van der Waals surface area contributed by atoms with E-state index in [2.05, 4.69) is 21.5 Å². The van der Waals surface area contributed by atoms with E-state index in [-0.39, 0.29) is 5.91 Å². The molecule has 2 aromatic rings. The van der Waals surface area contributed by atoms with E-state index < -0.39 is 0 Å². The van der Waals surface area contributed by atoms with Crippen LogP contribution in [0.5, 0.6) is 0 Å². The molecular formula is C17H22N4OS. The van der Waals surface area contributed by atoms with E-state index in [1.807, 2.05) is 24.9 Å². The van der Waals surface area contributed by atoms with Crippen LogP contribution in [0.3, 0.4) is 0 Å². The number of likely N-dealkylation sites (tertiary alicyclic amines) is 1. The second-order valence-corrected chi connectivity index (χ2v) is 7.95. The van der Waals surface area contributed by atoms with Gasteiger partial charge in [-0.2, -0.15) is 0 Å². The third kappa shape index (κ3) is 2.59. The minimum Gasteiger partial charge on any atom is -0.336 e. The Labute approximate surface area is 140 Å². The number of nitrogens with zero attached hydrogens (tertiary/aromatic N) is 4. The molecule has 5 nitrogen and oxygen atoms in total. The molecule has 1 aliphatic heterocycles. The molecule has 2 aliphatic rings. The fourth-order valence-electron chi connectivity index (χ4n) is 3.59. The molecule has 0 bridgehead atoms. The Balaban J connectivity index is 1.54. The second kappa shape index (κ2) is 5.44. The molecule has 1 atom stereocenters. The predicted octanol–water partition coefficient (Wildman–Crippen LogP) is 3.23. The van der Waals surface area contributed by atoms with E-state index in [0.717, 1.165) is 35.1 Å². The first-order valence-electron chi connectivity index (χ1n) is 8.31. The number of hydrogen-bond acceptors (Lipinski definition) is 4. The lowest BCUT2D eigenvalue weighted by atomic mass is 10.2. The first-order valence-corrected chi connectivity index (χ1v) is 9.13. The summed E-state index contributed by atoms with van der Waals surface area (Å²) in [7, 11) is 0. The van der Waals surface area contributed by atoms with Crippen LogP contribution in [0, 0.1) is 20.8 Å². The number of amides is 1. The largest absolute Gasteiger partial charge is 0.336 e. The Bertz CT molecular complexity index is 759. The van der Waals surface area contributed by atoms with Gasteiger partial charge in [0, 0.05) is 30.9 Å². The van der Waals surface area contributed by atoms with Gasteiger partial charge in [-0.15, -0.1) is 11.3 Å². The van der Waals surface area contributed by atoms with Crippen molar-refractivity contribution < 1.29 is 4.79 Å². The van der Waals surface area contributed by atoms with Crippen molar-refractivity contribution in [1.29, 1.82) is 0 Å². The maximum absolute atomic E-state index is 12.8. The fraction of sp³-hybridized carbons (Fsp3) is 0.588. The van der Waals surface area contributed by atoms with Crippen molar-refractivity contribution in [3.8, 4) is 0 Å². The highest BCUT2D eigenvalue weighted by Gasteiger charge is 2.35. The van der Waals surface area contributed by atoms with Crippen LogP contribution in [-0.4, -0.2) is 38.4 Å². The van der Waals surface area contributed by atoms with Gasteiger partial charge in [0.1, 0.15) is 10.7 Å². The number of rotatable bonds is 3. The topological polar surface area (TPSA) is 51.0 Å². The third-order valence-electron chi connectivity index (χ3n) is 4.87. The van der Waals surface area contributed by atoms with E-state index in [0.29, 0.717) is 12.0 Å². The fourth-order valence-corrected chi connectivity index (χ4v) is 4.48. The van der Waals surface area contributed by atoms with Crippen LogP contribution >= 0.6 is 11.3 Å². The van der Waals surface area contributed by atoms with E-state index in [1.54, 1.807) is 0 Å². The van der Waals surface area contributed by atoms with Gasteiger partial charge in [-0.05, 0) is 40.0 Å². The SMILES string of the molecule is Cc1nc(C)c(C(=O)N2CCC(n3c(C)cnc3C3CC3)C2)s1. The summed E-state index contributed by atoms with van der Waals surface area (Å²) >= 11 is 1.51. The zero-order chi connectivity index (χ0) is 16.1. The minimum atomic E-state index is 0.140. The molecule has 122 valence electrons. The highest BCUT2D eigenvalue weighted by atomic mass is 32.1. The molecule has 4 rings (SSSR count). The van der Waals surface area contributed by atoms with Crippen molar-refractivity contribution in [2.75, 3.05) is 13.1 Å². The molecule has 0 radical (unpaired) electrons. The van der Waals surface area contributed by atoms with E-state index in [1.165, 1.54) is 35.7 Å². The van der Waals surface area contributed by atoms with Gasteiger partial charge in [-0.1, -0.05) is 0 Å². The van der Waals surface area contributed by atoms with E-state index in [9.17, 15) is 4.79 Å². The summed E-state index contributed by atoms with van der Waals surface area (Å²) < 4.78 is 2.38. The van der Waals surface area contributed by atoms with Crippen molar-refractivity contribution >= 4 is 17.2 Å². The van der Waals surface area contributed by atoms with Gasteiger partial charge in [0.05, 0.1) is 16.7 Å². The quantitative estimate of drug-likeness (QED) is 0.868. The highest BCUT2D eigenvalue weighted by molar-refractivity contribution is 7.13. The van der Waals surface area contributed by atoms with Gasteiger partial charge in [-0.25, -0.2) is 9.97 Å². The number of hydrogen-bond donors (Lipinski definition) is 0. The second-order valence-electron chi connectivity index (χ2n) is 6.74. The van der Waals surface area contributed by atoms with Crippen molar-refractivity contribution in [2.24, 2.45) is 0 Å². The van der Waals surface area contributed by atoms with Crippen LogP contribution in [0.4, 0.5) is 0 Å². The molecule has 0 N–H and O–H groups in total. The number of aryl methyl sites for hydroxylation is 3. The summed E-state index contributed by atoms with van der Waals surface area (Å²) in [4.78, 5) is 24.6. The van der Waals surface area contributed by atoms with Crippen LogP contribution in [0.15, 0.2) is 6.20 Å². The first-order chi connectivity index (χ1) is 11.0. The van der Waals surface area contributed by atoms with Crippen LogP contribution in [-0.2, 0) is 0 Å². The average Bonchev–Trinajstić information content (AvgIpc) is 2.96. The Hall–Kier alpha value is -1.69. The van der Waals surface area contributed by atoms with Crippen molar-refractivity contribution in [1.82, 2.24) is 19.4 Å². The van der Waals surface area contributed by atoms with Gasteiger partial charge in [0.2, 0.25) is 0 Å². The minimum absolute atomic E-state index is 0.140. The van der Waals surface area contributed by atoms with Crippen molar-refractivity contribution in [3.63, 3.8) is 0 Å². The summed E-state index contributed by atoms with van der Waals surface area (Å²) in [5, 5.41) is 0.961. The smallest absolute Gasteiger partial charge is 0.265 e. The molecule has 1 amide bonds. The van der Waals surface area contributed by atoms with Crippen molar-refractivity contribution in [2.45, 2.75) is 52.0 Å². The number of carbonyl (C=O) groups is 1. The molecule has 2 aromatic heterocycles. The van der Waals surface area contributed by atoms with E-state index in [4.69, 9.17) is 0 Å². The Morgan fingerprint density at radius 1 is 1.26 bits per heavy atom. The Morgan fingerprint density at radius 2 is 2.04 bits per heavy atom. The van der Waals surface area contributed by atoms with Gasteiger partial charge in [-0.3, -0.25) is 4.79 Å². The summed E-state index contributed by atoms with van der Waals surface area (Å²) in [5.41, 5.74) is 2.08. The molecule has 6 heteroatoms. The molecule has 2 fully saturated rings. The Kier molecular flexibility index (Phi) is 3.52. The van der Waals surface area contributed by atoms with Gasteiger partial charge >= 0.3 is 0 Å².